The number of Topliss-reactive ketones (excluding diaryl/α,β-unsaturated/α-hetero) is 1. The summed E-state index contributed by atoms with van der Waals surface area (Å²) in [5, 5.41) is 0. The highest BCUT2D eigenvalue weighted by Crippen LogP contribution is 2.25. The van der Waals surface area contributed by atoms with Gasteiger partial charge in [-0.25, -0.2) is 8.42 Å². The third kappa shape index (κ3) is 4.37. The summed E-state index contributed by atoms with van der Waals surface area (Å²) in [5.41, 5.74) is 1.27. The molecule has 0 fully saturated rings. The van der Waals surface area contributed by atoms with Crippen molar-refractivity contribution in [3.8, 4) is 11.3 Å². The van der Waals surface area contributed by atoms with Crippen molar-refractivity contribution in [2.24, 2.45) is 0 Å². The Morgan fingerprint density at radius 1 is 1.07 bits per heavy atom. The summed E-state index contributed by atoms with van der Waals surface area (Å²) in [6.07, 6.45) is 0. The highest BCUT2D eigenvalue weighted by atomic mass is 79.9. The molecule has 140 valence electrons. The van der Waals surface area contributed by atoms with Gasteiger partial charge >= 0.3 is 0 Å². The first-order valence-electron chi connectivity index (χ1n) is 8.19. The van der Waals surface area contributed by atoms with Gasteiger partial charge in [-0.2, -0.15) is 4.31 Å². The van der Waals surface area contributed by atoms with Crippen LogP contribution in [0.25, 0.3) is 11.3 Å². The Kier molecular flexibility index (Phi) is 5.64. The van der Waals surface area contributed by atoms with Crippen molar-refractivity contribution in [1.29, 1.82) is 0 Å². The summed E-state index contributed by atoms with van der Waals surface area (Å²) in [6.45, 7) is 1.49. The highest BCUT2D eigenvalue weighted by Gasteiger charge is 2.23. The average molecular weight is 448 g/mol. The lowest BCUT2D eigenvalue weighted by molar-refractivity contribution is 0.101. The van der Waals surface area contributed by atoms with E-state index in [9.17, 15) is 13.2 Å². The van der Waals surface area contributed by atoms with Crippen LogP contribution in [0.4, 0.5) is 0 Å². The van der Waals surface area contributed by atoms with Crippen molar-refractivity contribution in [2.45, 2.75) is 18.4 Å². The quantitative estimate of drug-likeness (QED) is 0.512. The summed E-state index contributed by atoms with van der Waals surface area (Å²) < 4.78 is 33.6. The smallest absolute Gasteiger partial charge is 0.243 e. The van der Waals surface area contributed by atoms with E-state index in [-0.39, 0.29) is 17.2 Å². The molecule has 0 atom stereocenters. The van der Waals surface area contributed by atoms with Gasteiger partial charge in [0.2, 0.25) is 10.0 Å². The van der Waals surface area contributed by atoms with Crippen LogP contribution in [0.15, 0.2) is 74.4 Å². The number of halogens is 1. The van der Waals surface area contributed by atoms with Crippen LogP contribution in [-0.2, 0) is 16.6 Å². The van der Waals surface area contributed by atoms with Crippen molar-refractivity contribution in [1.82, 2.24) is 4.31 Å². The van der Waals surface area contributed by atoms with Crippen LogP contribution < -0.4 is 0 Å². The molecule has 0 aliphatic heterocycles. The predicted octanol–water partition coefficient (Wildman–Crippen LogP) is 4.73. The molecular formula is C20H18BrNO4S. The van der Waals surface area contributed by atoms with E-state index < -0.39 is 10.0 Å². The zero-order chi connectivity index (χ0) is 19.6. The first-order chi connectivity index (χ1) is 12.8. The maximum atomic E-state index is 12.8. The van der Waals surface area contributed by atoms with Crippen molar-refractivity contribution >= 4 is 31.7 Å². The van der Waals surface area contributed by atoms with Gasteiger partial charge in [0.15, 0.2) is 5.78 Å². The lowest BCUT2D eigenvalue weighted by Crippen LogP contribution is -2.26. The molecule has 0 saturated heterocycles. The highest BCUT2D eigenvalue weighted by molar-refractivity contribution is 9.10. The predicted molar refractivity (Wildman–Crippen MR) is 107 cm³/mol. The van der Waals surface area contributed by atoms with E-state index in [4.69, 9.17) is 4.42 Å². The minimum atomic E-state index is -3.74. The second kappa shape index (κ2) is 7.80. The van der Waals surface area contributed by atoms with Crippen molar-refractivity contribution in [3.63, 3.8) is 0 Å². The number of benzene rings is 2. The van der Waals surface area contributed by atoms with E-state index in [0.717, 1.165) is 10.0 Å². The molecule has 2 aromatic carbocycles. The number of carbonyl (C=O) groups excluding carboxylic acids is 1. The summed E-state index contributed by atoms with van der Waals surface area (Å²) >= 11 is 3.39. The standard InChI is InChI=1S/C20H18BrNO4S/c1-14(23)16-4-3-5-19(12-16)27(24,25)22(2)13-18-10-11-20(26-18)15-6-8-17(21)9-7-15/h3-12H,13H2,1-2H3. The van der Waals surface area contributed by atoms with E-state index in [2.05, 4.69) is 15.9 Å². The van der Waals surface area contributed by atoms with Gasteiger partial charge in [-0.3, -0.25) is 4.79 Å². The fraction of sp³-hybridized carbons (Fsp3) is 0.150. The minimum Gasteiger partial charge on any atom is -0.460 e. The molecule has 27 heavy (non-hydrogen) atoms. The molecular weight excluding hydrogens is 430 g/mol. The summed E-state index contributed by atoms with van der Waals surface area (Å²) in [5.74, 6) is 1.02. The second-order valence-corrected chi connectivity index (χ2v) is 9.08. The van der Waals surface area contributed by atoms with Gasteiger partial charge in [0.1, 0.15) is 11.5 Å². The van der Waals surface area contributed by atoms with E-state index in [1.54, 1.807) is 18.2 Å². The number of furan rings is 1. The Balaban J connectivity index is 1.80. The number of hydrogen-bond donors (Lipinski definition) is 0. The molecule has 0 radical (unpaired) electrons. The SMILES string of the molecule is CC(=O)c1cccc(S(=O)(=O)N(C)Cc2ccc(-c3ccc(Br)cc3)o2)c1. The Morgan fingerprint density at radius 2 is 1.78 bits per heavy atom. The molecule has 0 bridgehead atoms. The fourth-order valence-corrected chi connectivity index (χ4v) is 4.04. The van der Waals surface area contributed by atoms with Gasteiger partial charge in [-0.15, -0.1) is 0 Å². The van der Waals surface area contributed by atoms with Gasteiger partial charge in [0.25, 0.3) is 0 Å². The molecule has 3 aromatic rings. The van der Waals surface area contributed by atoms with Gasteiger partial charge in [-0.1, -0.05) is 40.2 Å². The number of ketones is 1. The van der Waals surface area contributed by atoms with E-state index in [1.807, 2.05) is 30.3 Å². The summed E-state index contributed by atoms with van der Waals surface area (Å²) in [7, 11) is -2.26. The first kappa shape index (κ1) is 19.5. The average Bonchev–Trinajstić information content (AvgIpc) is 3.10. The molecule has 0 saturated carbocycles. The molecule has 0 aliphatic rings. The summed E-state index contributed by atoms with van der Waals surface area (Å²) in [4.78, 5) is 11.6. The third-order valence-electron chi connectivity index (χ3n) is 4.12. The lowest BCUT2D eigenvalue weighted by Gasteiger charge is -2.16. The minimum absolute atomic E-state index is 0.0809. The molecule has 3 rings (SSSR count). The van der Waals surface area contributed by atoms with E-state index in [0.29, 0.717) is 17.1 Å². The van der Waals surface area contributed by atoms with Crippen LogP contribution in [0.2, 0.25) is 0 Å². The normalized spacial score (nSPS) is 11.7. The van der Waals surface area contributed by atoms with Crippen LogP contribution in [0.1, 0.15) is 23.0 Å². The van der Waals surface area contributed by atoms with Crippen molar-refractivity contribution < 1.29 is 17.6 Å². The lowest BCUT2D eigenvalue weighted by atomic mass is 10.2. The first-order valence-corrected chi connectivity index (χ1v) is 10.4. The zero-order valence-electron chi connectivity index (χ0n) is 14.8. The van der Waals surface area contributed by atoms with Gasteiger partial charge in [0, 0.05) is 22.6 Å². The molecule has 0 unspecified atom stereocenters. The topological polar surface area (TPSA) is 67.6 Å². The Labute approximate surface area is 166 Å². The largest absolute Gasteiger partial charge is 0.460 e. The maximum Gasteiger partial charge on any atom is 0.243 e. The Hall–Kier alpha value is -2.22. The van der Waals surface area contributed by atoms with Crippen LogP contribution >= 0.6 is 15.9 Å². The number of hydrogen-bond acceptors (Lipinski definition) is 4. The number of nitrogens with zero attached hydrogens (tertiary/aromatic N) is 1. The second-order valence-electron chi connectivity index (χ2n) is 6.12. The molecule has 1 heterocycles. The number of rotatable bonds is 6. The zero-order valence-corrected chi connectivity index (χ0v) is 17.2. The third-order valence-corrected chi connectivity index (χ3v) is 6.45. The molecule has 0 amide bonds. The number of sulfonamides is 1. The Bertz CT molecular complexity index is 1070. The van der Waals surface area contributed by atoms with E-state index in [1.165, 1.54) is 30.4 Å². The number of carbonyl (C=O) groups is 1. The van der Waals surface area contributed by atoms with Gasteiger partial charge in [-0.05, 0) is 43.3 Å². The Morgan fingerprint density at radius 3 is 2.44 bits per heavy atom. The van der Waals surface area contributed by atoms with Crippen LogP contribution in [0.3, 0.4) is 0 Å². The molecule has 1 aromatic heterocycles. The molecule has 0 N–H and O–H groups in total. The van der Waals surface area contributed by atoms with Crippen molar-refractivity contribution in [2.75, 3.05) is 7.05 Å². The van der Waals surface area contributed by atoms with Crippen molar-refractivity contribution in [3.05, 3.63) is 76.5 Å². The van der Waals surface area contributed by atoms with Crippen LogP contribution in [0, 0.1) is 0 Å². The summed E-state index contributed by atoms with van der Waals surface area (Å²) in [6, 6.07) is 17.3. The van der Waals surface area contributed by atoms with Crippen LogP contribution in [0.5, 0.6) is 0 Å². The molecule has 0 aliphatic carbocycles. The van der Waals surface area contributed by atoms with Gasteiger partial charge < -0.3 is 4.42 Å². The molecule has 7 heteroatoms. The van der Waals surface area contributed by atoms with Crippen LogP contribution in [-0.4, -0.2) is 25.6 Å². The monoisotopic (exact) mass is 447 g/mol. The fourth-order valence-electron chi connectivity index (χ4n) is 2.59. The molecule has 5 nitrogen and oxygen atoms in total. The maximum absolute atomic E-state index is 12.8. The van der Waals surface area contributed by atoms with E-state index >= 15 is 0 Å². The van der Waals surface area contributed by atoms with Gasteiger partial charge in [0.05, 0.1) is 11.4 Å². The molecule has 0 spiro atoms.